The molecule has 2 fully saturated rings. The number of benzene rings is 2. The molecule has 40 heavy (non-hydrogen) atoms. The van der Waals surface area contributed by atoms with Gasteiger partial charge in [-0.1, -0.05) is 11.2 Å². The molecule has 0 bridgehead atoms. The monoisotopic (exact) mass is 550 g/mol. The number of aryl methyl sites for hydroxylation is 2. The predicted molar refractivity (Wildman–Crippen MR) is 145 cm³/mol. The summed E-state index contributed by atoms with van der Waals surface area (Å²) in [6, 6.07) is 9.29. The van der Waals surface area contributed by atoms with E-state index in [2.05, 4.69) is 15.8 Å². The Labute approximate surface area is 230 Å². The summed E-state index contributed by atoms with van der Waals surface area (Å²) in [5.74, 6) is -0.870. The molecule has 1 atom stereocenters. The summed E-state index contributed by atoms with van der Waals surface area (Å²) in [5.41, 5.74) is 4.68. The van der Waals surface area contributed by atoms with Crippen LogP contribution in [0.5, 0.6) is 0 Å². The quantitative estimate of drug-likeness (QED) is 0.294. The van der Waals surface area contributed by atoms with Crippen molar-refractivity contribution in [1.82, 2.24) is 14.7 Å². The molecule has 0 N–H and O–H groups in total. The maximum atomic E-state index is 14.4. The van der Waals surface area contributed by atoms with Gasteiger partial charge in [-0.15, -0.1) is 0 Å². The fraction of sp³-hybridized carbons (Fsp3) is 0.433. The average molecular weight is 551 g/mol. The Morgan fingerprint density at radius 2 is 1.80 bits per heavy atom. The second-order valence-electron chi connectivity index (χ2n) is 10.6. The number of methoxy groups -OCH3 is 1. The lowest BCUT2D eigenvalue weighted by atomic mass is 9.92. The smallest absolute Gasteiger partial charge is 0.253 e. The number of carbonyl (C=O) groups excluding carboxylic acids is 1. The molecule has 0 radical (unpaired) electrons. The van der Waals surface area contributed by atoms with Gasteiger partial charge in [0.2, 0.25) is 0 Å². The number of fused-ring (bicyclic) bond motifs is 1. The van der Waals surface area contributed by atoms with Gasteiger partial charge in [-0.2, -0.15) is 0 Å². The summed E-state index contributed by atoms with van der Waals surface area (Å²) in [6.07, 6.45) is 4.29. The van der Waals surface area contributed by atoms with E-state index >= 15 is 0 Å². The van der Waals surface area contributed by atoms with E-state index in [4.69, 9.17) is 19.0 Å². The van der Waals surface area contributed by atoms with Crippen molar-refractivity contribution < 1.29 is 27.6 Å². The Bertz CT molecular complexity index is 1540. The highest BCUT2D eigenvalue weighted by Crippen LogP contribution is 2.40. The maximum Gasteiger partial charge on any atom is 0.253 e. The van der Waals surface area contributed by atoms with E-state index in [-0.39, 0.29) is 30.3 Å². The lowest BCUT2D eigenvalue weighted by Gasteiger charge is -2.34. The second-order valence-corrected chi connectivity index (χ2v) is 10.6. The van der Waals surface area contributed by atoms with E-state index in [1.807, 2.05) is 26.0 Å². The van der Waals surface area contributed by atoms with E-state index in [0.717, 1.165) is 71.4 Å². The minimum absolute atomic E-state index is 0.141. The Kier molecular flexibility index (Phi) is 7.14. The molecule has 0 unspecified atom stereocenters. The summed E-state index contributed by atoms with van der Waals surface area (Å²) in [4.78, 5) is 20.0. The largest absolute Gasteiger partial charge is 0.381 e. The molecule has 1 aliphatic carbocycles. The molecule has 2 aromatic heterocycles. The van der Waals surface area contributed by atoms with Crippen molar-refractivity contribution in [3.63, 3.8) is 0 Å². The van der Waals surface area contributed by atoms with Crippen molar-refractivity contribution in [2.24, 2.45) is 0 Å². The van der Waals surface area contributed by atoms with Crippen LogP contribution in [0.2, 0.25) is 0 Å². The highest BCUT2D eigenvalue weighted by atomic mass is 19.2. The van der Waals surface area contributed by atoms with Gasteiger partial charge in [-0.25, -0.2) is 13.8 Å². The van der Waals surface area contributed by atoms with Crippen molar-refractivity contribution >= 4 is 22.6 Å². The van der Waals surface area contributed by atoms with Gasteiger partial charge < -0.3 is 18.6 Å². The van der Waals surface area contributed by atoms with Crippen LogP contribution >= 0.6 is 0 Å². The molecular formula is C30H32F2N4O4. The van der Waals surface area contributed by atoms with Crippen LogP contribution in [0.4, 0.5) is 14.5 Å². The van der Waals surface area contributed by atoms with E-state index in [0.29, 0.717) is 18.9 Å². The molecule has 3 heterocycles. The average Bonchev–Trinajstić information content (AvgIpc) is 3.43. The topological polar surface area (TPSA) is 82.6 Å². The molecule has 1 amide bonds. The second kappa shape index (κ2) is 10.7. The Morgan fingerprint density at radius 1 is 1.00 bits per heavy atom. The number of amides is 1. The summed E-state index contributed by atoms with van der Waals surface area (Å²) >= 11 is 0. The molecule has 1 aliphatic heterocycles. The maximum absolute atomic E-state index is 14.4. The number of carbonyl (C=O) groups is 1. The van der Waals surface area contributed by atoms with Crippen LogP contribution < -0.4 is 4.90 Å². The lowest BCUT2D eigenvalue weighted by molar-refractivity contribution is -0.122. The van der Waals surface area contributed by atoms with E-state index in [9.17, 15) is 13.6 Å². The SMILES string of the molecule is CO[C@H]1CC[C@H](n2c([C@@H]3CCOCC(=O)N3c3ccc(F)c(F)c3)nc3cc(-c4c(C)noc4C)ccc32)CC1. The third-order valence-electron chi connectivity index (χ3n) is 8.20. The number of nitrogens with zero attached hydrogens (tertiary/aromatic N) is 4. The predicted octanol–water partition coefficient (Wildman–Crippen LogP) is 6.21. The van der Waals surface area contributed by atoms with Gasteiger partial charge >= 0.3 is 0 Å². The van der Waals surface area contributed by atoms with Crippen LogP contribution in [-0.2, 0) is 14.3 Å². The summed E-state index contributed by atoms with van der Waals surface area (Å²) < 4.78 is 47.1. The molecule has 1 saturated carbocycles. The first-order valence-electron chi connectivity index (χ1n) is 13.7. The number of rotatable bonds is 5. The number of ether oxygens (including phenoxy) is 2. The highest BCUT2D eigenvalue weighted by Gasteiger charge is 2.36. The lowest BCUT2D eigenvalue weighted by Crippen LogP contribution is -2.37. The van der Waals surface area contributed by atoms with E-state index < -0.39 is 17.7 Å². The zero-order chi connectivity index (χ0) is 28.0. The third kappa shape index (κ3) is 4.69. The van der Waals surface area contributed by atoms with Crippen molar-refractivity contribution in [2.45, 2.75) is 64.1 Å². The number of hydrogen-bond donors (Lipinski definition) is 0. The van der Waals surface area contributed by atoms with Crippen molar-refractivity contribution in [2.75, 3.05) is 25.2 Å². The van der Waals surface area contributed by atoms with Gasteiger partial charge in [0.25, 0.3) is 5.91 Å². The van der Waals surface area contributed by atoms with Crippen molar-refractivity contribution in [3.8, 4) is 11.1 Å². The normalized spacial score (nSPS) is 22.2. The summed E-state index contributed by atoms with van der Waals surface area (Å²) in [7, 11) is 1.75. The van der Waals surface area contributed by atoms with Crippen molar-refractivity contribution in [3.05, 3.63) is 65.3 Å². The molecular weight excluding hydrogens is 518 g/mol. The Hall–Kier alpha value is -3.63. The van der Waals surface area contributed by atoms with Gasteiger partial charge in [-0.3, -0.25) is 9.69 Å². The third-order valence-corrected chi connectivity index (χ3v) is 8.20. The van der Waals surface area contributed by atoms with Gasteiger partial charge in [0, 0.05) is 37.1 Å². The molecule has 10 heteroatoms. The zero-order valence-corrected chi connectivity index (χ0v) is 22.8. The molecule has 6 rings (SSSR count). The molecule has 8 nitrogen and oxygen atoms in total. The first-order chi connectivity index (χ1) is 19.4. The van der Waals surface area contributed by atoms with Crippen LogP contribution in [0, 0.1) is 25.5 Å². The fourth-order valence-electron chi connectivity index (χ4n) is 6.26. The Balaban J connectivity index is 1.52. The van der Waals surface area contributed by atoms with Gasteiger partial charge in [-0.05, 0) is 75.8 Å². The first kappa shape index (κ1) is 26.6. The molecule has 2 aromatic carbocycles. The van der Waals surface area contributed by atoms with Gasteiger partial charge in [0.1, 0.15) is 18.2 Å². The van der Waals surface area contributed by atoms with Crippen LogP contribution in [0.1, 0.15) is 61.5 Å². The van der Waals surface area contributed by atoms with E-state index in [1.54, 1.807) is 7.11 Å². The van der Waals surface area contributed by atoms with Gasteiger partial charge in [0.05, 0.1) is 28.9 Å². The fourth-order valence-corrected chi connectivity index (χ4v) is 6.26. The molecule has 1 saturated heterocycles. The molecule has 4 aromatic rings. The highest BCUT2D eigenvalue weighted by molar-refractivity contribution is 5.95. The zero-order valence-electron chi connectivity index (χ0n) is 22.8. The van der Waals surface area contributed by atoms with Crippen LogP contribution in [0.25, 0.3) is 22.2 Å². The van der Waals surface area contributed by atoms with Crippen LogP contribution in [0.15, 0.2) is 40.9 Å². The minimum Gasteiger partial charge on any atom is -0.381 e. The van der Waals surface area contributed by atoms with E-state index in [1.165, 1.54) is 11.0 Å². The number of anilines is 1. The number of imidazole rings is 1. The van der Waals surface area contributed by atoms with Gasteiger partial charge in [0.15, 0.2) is 11.6 Å². The minimum atomic E-state index is -1.01. The first-order valence-corrected chi connectivity index (χ1v) is 13.7. The van der Waals surface area contributed by atoms with Crippen LogP contribution in [0.3, 0.4) is 0 Å². The summed E-state index contributed by atoms with van der Waals surface area (Å²) in [5, 5.41) is 4.11. The number of hydrogen-bond acceptors (Lipinski definition) is 6. The number of halogens is 2. The molecule has 2 aliphatic rings. The summed E-state index contributed by atoms with van der Waals surface area (Å²) in [6.45, 7) is 3.98. The number of aromatic nitrogens is 3. The van der Waals surface area contributed by atoms with Crippen LogP contribution in [-0.4, -0.2) is 47.0 Å². The molecule has 0 spiro atoms. The Morgan fingerprint density at radius 3 is 2.50 bits per heavy atom. The standard InChI is InChI=1S/C30H32F2N4O4/c1-17-29(18(2)40-34-17)19-4-11-26-25(14-19)33-30(36(26)20-5-8-22(38-3)9-6-20)27-12-13-39-16-28(37)35(27)21-7-10-23(31)24(32)15-21/h4,7,10-11,14-15,20,22,27H,5-6,8-9,12-13,16H2,1-3H3/t20-,22-,27-/m0/s1. The van der Waals surface area contributed by atoms with Crippen molar-refractivity contribution in [1.29, 1.82) is 0 Å². The molecule has 210 valence electrons.